The van der Waals surface area contributed by atoms with Crippen molar-refractivity contribution in [1.29, 1.82) is 0 Å². The van der Waals surface area contributed by atoms with E-state index in [2.05, 4.69) is 5.32 Å². The van der Waals surface area contributed by atoms with Crippen LogP contribution in [-0.2, 0) is 4.79 Å². The van der Waals surface area contributed by atoms with E-state index < -0.39 is 30.1 Å². The molecule has 0 saturated carbocycles. The highest BCUT2D eigenvalue weighted by atomic mass is 19.2. The average Bonchev–Trinajstić information content (AvgIpc) is 2.95. The molecule has 1 aromatic rings. The van der Waals surface area contributed by atoms with Gasteiger partial charge >= 0.3 is 0 Å². The molecule has 108 valence electrons. The standard InChI is InChI=1S/C14H14F3NO2/c15-10-5-9(6-11(16)13(10)17)12(7-19)18-14(20)8-3-1-2-4-8/h1-2,5-6,8,12,19H,3-4,7H2,(H,18,20). The maximum atomic E-state index is 13.2. The minimum atomic E-state index is -1.57. The number of aliphatic hydroxyl groups is 1. The van der Waals surface area contributed by atoms with Crippen molar-refractivity contribution in [1.82, 2.24) is 5.32 Å². The highest BCUT2D eigenvalue weighted by molar-refractivity contribution is 5.80. The van der Waals surface area contributed by atoms with Gasteiger partial charge in [0.2, 0.25) is 5.91 Å². The number of allylic oxidation sites excluding steroid dienone is 2. The Morgan fingerprint density at radius 3 is 2.30 bits per heavy atom. The maximum absolute atomic E-state index is 13.2. The minimum Gasteiger partial charge on any atom is -0.394 e. The Labute approximate surface area is 114 Å². The summed E-state index contributed by atoms with van der Waals surface area (Å²) in [6, 6.07) is 0.576. The summed E-state index contributed by atoms with van der Waals surface area (Å²) in [4.78, 5) is 11.9. The summed E-state index contributed by atoms with van der Waals surface area (Å²) in [7, 11) is 0. The molecule has 1 aliphatic carbocycles. The third-order valence-corrected chi connectivity index (χ3v) is 3.29. The van der Waals surface area contributed by atoms with Crippen LogP contribution in [0, 0.1) is 23.4 Å². The predicted molar refractivity (Wildman–Crippen MR) is 66.1 cm³/mol. The van der Waals surface area contributed by atoms with E-state index in [0.717, 1.165) is 12.1 Å². The fraction of sp³-hybridized carbons (Fsp3) is 0.357. The molecular formula is C14H14F3NO2. The van der Waals surface area contributed by atoms with Gasteiger partial charge in [-0.15, -0.1) is 0 Å². The topological polar surface area (TPSA) is 49.3 Å². The van der Waals surface area contributed by atoms with Crippen LogP contribution in [0.4, 0.5) is 13.2 Å². The van der Waals surface area contributed by atoms with E-state index in [0.29, 0.717) is 12.8 Å². The van der Waals surface area contributed by atoms with Crippen molar-refractivity contribution >= 4 is 5.91 Å². The molecular weight excluding hydrogens is 271 g/mol. The number of halogens is 3. The van der Waals surface area contributed by atoms with E-state index in [4.69, 9.17) is 0 Å². The lowest BCUT2D eigenvalue weighted by atomic mass is 10.0. The molecule has 0 aromatic heterocycles. The Bertz CT molecular complexity index is 514. The zero-order valence-electron chi connectivity index (χ0n) is 10.6. The summed E-state index contributed by atoms with van der Waals surface area (Å²) in [6.07, 6.45) is 4.93. The van der Waals surface area contributed by atoms with Crippen molar-refractivity contribution in [2.75, 3.05) is 6.61 Å². The van der Waals surface area contributed by atoms with Gasteiger partial charge in [-0.2, -0.15) is 0 Å². The predicted octanol–water partition coefficient (Wildman–Crippen LogP) is 2.22. The molecule has 1 aliphatic rings. The third-order valence-electron chi connectivity index (χ3n) is 3.29. The summed E-state index contributed by atoms with van der Waals surface area (Å²) < 4.78 is 39.2. The second kappa shape index (κ2) is 6.09. The molecule has 1 aromatic carbocycles. The second-order valence-corrected chi connectivity index (χ2v) is 4.68. The summed E-state index contributed by atoms with van der Waals surface area (Å²) >= 11 is 0. The van der Waals surface area contributed by atoms with Gasteiger partial charge in [0.25, 0.3) is 0 Å². The van der Waals surface area contributed by atoms with Gasteiger partial charge in [-0.3, -0.25) is 4.79 Å². The first-order valence-electron chi connectivity index (χ1n) is 6.23. The number of rotatable bonds is 4. The van der Waals surface area contributed by atoms with Gasteiger partial charge in [-0.25, -0.2) is 13.2 Å². The average molecular weight is 285 g/mol. The van der Waals surface area contributed by atoms with Crippen molar-refractivity contribution in [2.24, 2.45) is 5.92 Å². The number of benzene rings is 1. The Hall–Kier alpha value is -1.82. The van der Waals surface area contributed by atoms with E-state index >= 15 is 0 Å². The molecule has 1 amide bonds. The van der Waals surface area contributed by atoms with Crippen LogP contribution in [0.3, 0.4) is 0 Å². The lowest BCUT2D eigenvalue weighted by molar-refractivity contribution is -0.125. The van der Waals surface area contributed by atoms with E-state index in [1.165, 1.54) is 0 Å². The van der Waals surface area contributed by atoms with Gasteiger partial charge in [0.1, 0.15) is 0 Å². The largest absolute Gasteiger partial charge is 0.394 e. The molecule has 20 heavy (non-hydrogen) atoms. The number of carbonyl (C=O) groups excluding carboxylic acids is 1. The highest BCUT2D eigenvalue weighted by Gasteiger charge is 2.24. The van der Waals surface area contributed by atoms with E-state index in [-0.39, 0.29) is 17.4 Å². The first-order valence-corrected chi connectivity index (χ1v) is 6.23. The molecule has 0 bridgehead atoms. The Kier molecular flexibility index (Phi) is 4.44. The Morgan fingerprint density at radius 1 is 1.25 bits per heavy atom. The number of aliphatic hydroxyl groups excluding tert-OH is 1. The molecule has 3 nitrogen and oxygen atoms in total. The zero-order valence-corrected chi connectivity index (χ0v) is 10.6. The molecule has 0 heterocycles. The minimum absolute atomic E-state index is 0.0109. The van der Waals surface area contributed by atoms with Crippen molar-refractivity contribution in [3.8, 4) is 0 Å². The summed E-state index contributed by atoms with van der Waals surface area (Å²) in [5.74, 6) is -4.82. The molecule has 1 atom stereocenters. The van der Waals surface area contributed by atoms with E-state index in [1.807, 2.05) is 12.2 Å². The smallest absolute Gasteiger partial charge is 0.224 e. The lowest BCUT2D eigenvalue weighted by Crippen LogP contribution is -2.35. The number of amides is 1. The molecule has 0 fully saturated rings. The molecule has 0 aliphatic heterocycles. The molecule has 1 unspecified atom stereocenters. The second-order valence-electron chi connectivity index (χ2n) is 4.68. The molecule has 0 spiro atoms. The van der Waals surface area contributed by atoms with Crippen LogP contribution in [0.2, 0.25) is 0 Å². The van der Waals surface area contributed by atoms with E-state index in [9.17, 15) is 23.1 Å². The number of nitrogens with one attached hydrogen (secondary N) is 1. The Balaban J connectivity index is 2.13. The summed E-state index contributed by atoms with van der Waals surface area (Å²) in [6.45, 7) is -0.531. The fourth-order valence-electron chi connectivity index (χ4n) is 2.13. The molecule has 0 saturated heterocycles. The first-order chi connectivity index (χ1) is 9.52. The fourth-order valence-corrected chi connectivity index (χ4v) is 2.13. The Morgan fingerprint density at radius 2 is 1.80 bits per heavy atom. The van der Waals surface area contributed by atoms with Crippen molar-refractivity contribution < 1.29 is 23.1 Å². The summed E-state index contributed by atoms with van der Waals surface area (Å²) in [5, 5.41) is 11.8. The van der Waals surface area contributed by atoms with Gasteiger partial charge in [0.15, 0.2) is 17.5 Å². The molecule has 2 N–H and O–H groups in total. The van der Waals surface area contributed by atoms with Crippen LogP contribution in [-0.4, -0.2) is 17.6 Å². The first kappa shape index (κ1) is 14.6. The highest BCUT2D eigenvalue weighted by Crippen LogP contribution is 2.22. The summed E-state index contributed by atoms with van der Waals surface area (Å²) in [5.41, 5.74) is -0.0109. The van der Waals surface area contributed by atoms with Gasteiger partial charge in [0.05, 0.1) is 12.6 Å². The van der Waals surface area contributed by atoms with E-state index in [1.54, 1.807) is 0 Å². The quantitative estimate of drug-likeness (QED) is 0.658. The number of carbonyl (C=O) groups is 1. The van der Waals surface area contributed by atoms with Crippen molar-refractivity contribution in [3.63, 3.8) is 0 Å². The van der Waals surface area contributed by atoms with Crippen molar-refractivity contribution in [3.05, 3.63) is 47.3 Å². The maximum Gasteiger partial charge on any atom is 0.224 e. The monoisotopic (exact) mass is 285 g/mol. The molecule has 6 heteroatoms. The SMILES string of the molecule is O=C(NC(CO)c1cc(F)c(F)c(F)c1)C1CC=CC1. The van der Waals surface area contributed by atoms with Gasteiger partial charge < -0.3 is 10.4 Å². The van der Waals surface area contributed by atoms with Gasteiger partial charge in [-0.1, -0.05) is 12.2 Å². The van der Waals surface area contributed by atoms with Crippen molar-refractivity contribution in [2.45, 2.75) is 18.9 Å². The zero-order chi connectivity index (χ0) is 14.7. The van der Waals surface area contributed by atoms with Crippen LogP contribution in [0.5, 0.6) is 0 Å². The normalized spacial score (nSPS) is 16.4. The lowest BCUT2D eigenvalue weighted by Gasteiger charge is -2.19. The van der Waals surface area contributed by atoms with Gasteiger partial charge in [0, 0.05) is 5.92 Å². The van der Waals surface area contributed by atoms with Crippen LogP contribution in [0.1, 0.15) is 24.4 Å². The molecule has 0 radical (unpaired) electrons. The van der Waals surface area contributed by atoms with Crippen LogP contribution < -0.4 is 5.32 Å². The third kappa shape index (κ3) is 3.01. The van der Waals surface area contributed by atoms with Gasteiger partial charge in [-0.05, 0) is 30.5 Å². The van der Waals surface area contributed by atoms with Crippen LogP contribution in [0.15, 0.2) is 24.3 Å². The van der Waals surface area contributed by atoms with Crippen LogP contribution >= 0.6 is 0 Å². The number of hydrogen-bond donors (Lipinski definition) is 2. The van der Waals surface area contributed by atoms with Crippen LogP contribution in [0.25, 0.3) is 0 Å². The molecule has 2 rings (SSSR count). The number of hydrogen-bond acceptors (Lipinski definition) is 2.